The summed E-state index contributed by atoms with van der Waals surface area (Å²) in [5.74, 6) is 1.46. The second-order valence-corrected chi connectivity index (χ2v) is 7.27. The molecular formula is C24H22N6O3. The molecule has 1 aliphatic carbocycles. The van der Waals surface area contributed by atoms with Crippen LogP contribution in [-0.2, 0) is 15.9 Å². The van der Waals surface area contributed by atoms with Crippen LogP contribution in [0.3, 0.4) is 0 Å². The minimum atomic E-state index is 0.280. The number of pyridine rings is 2. The summed E-state index contributed by atoms with van der Waals surface area (Å²) in [6.45, 7) is 0.687. The van der Waals surface area contributed by atoms with E-state index in [9.17, 15) is 0 Å². The van der Waals surface area contributed by atoms with Crippen molar-refractivity contribution in [3.63, 3.8) is 0 Å². The fourth-order valence-electron chi connectivity index (χ4n) is 3.50. The SMILES string of the molecule is C1=CCCC(N(C2=COC=CO2)c2nnc(-c3cccnc3NCCc3cccnc3)o2)=C1. The summed E-state index contributed by atoms with van der Waals surface area (Å²) in [6.07, 6.45) is 18.4. The molecule has 166 valence electrons. The van der Waals surface area contributed by atoms with Crippen LogP contribution in [0.25, 0.3) is 11.5 Å². The summed E-state index contributed by atoms with van der Waals surface area (Å²) in [4.78, 5) is 10.4. The third-order valence-corrected chi connectivity index (χ3v) is 5.06. The maximum Gasteiger partial charge on any atom is 0.330 e. The van der Waals surface area contributed by atoms with Crippen LogP contribution in [0.4, 0.5) is 11.8 Å². The first-order chi connectivity index (χ1) is 16.4. The maximum atomic E-state index is 6.09. The number of nitrogens with one attached hydrogen (secondary N) is 1. The lowest BCUT2D eigenvalue weighted by atomic mass is 10.1. The monoisotopic (exact) mass is 442 g/mol. The molecule has 3 aromatic rings. The molecule has 3 aromatic heterocycles. The number of anilines is 2. The smallest absolute Gasteiger partial charge is 0.330 e. The second-order valence-electron chi connectivity index (χ2n) is 7.27. The zero-order valence-electron chi connectivity index (χ0n) is 17.8. The Bertz CT molecular complexity index is 1220. The Labute approximate surface area is 190 Å². The number of nitrogens with zero attached hydrogens (tertiary/aromatic N) is 5. The molecule has 0 aromatic carbocycles. The van der Waals surface area contributed by atoms with Gasteiger partial charge in [0.15, 0.2) is 6.26 Å². The molecule has 0 unspecified atom stereocenters. The minimum Gasteiger partial charge on any atom is -0.464 e. The molecule has 9 heteroatoms. The van der Waals surface area contributed by atoms with Crippen LogP contribution in [0.2, 0.25) is 0 Å². The summed E-state index contributed by atoms with van der Waals surface area (Å²) in [5.41, 5.74) is 2.82. The molecule has 4 heterocycles. The fourth-order valence-corrected chi connectivity index (χ4v) is 3.50. The van der Waals surface area contributed by atoms with Gasteiger partial charge in [0.25, 0.3) is 5.89 Å². The van der Waals surface area contributed by atoms with E-state index in [2.05, 4.69) is 31.6 Å². The molecule has 0 fully saturated rings. The van der Waals surface area contributed by atoms with Gasteiger partial charge in [0.2, 0.25) is 5.88 Å². The van der Waals surface area contributed by atoms with Gasteiger partial charge in [-0.25, -0.2) is 9.88 Å². The van der Waals surface area contributed by atoms with Crippen LogP contribution >= 0.6 is 0 Å². The Morgan fingerprint density at radius 1 is 1.09 bits per heavy atom. The lowest BCUT2D eigenvalue weighted by Crippen LogP contribution is -2.24. The number of aromatic nitrogens is 4. The molecule has 2 aliphatic rings. The van der Waals surface area contributed by atoms with Crippen LogP contribution in [0.5, 0.6) is 0 Å². The molecule has 5 rings (SSSR count). The summed E-state index contributed by atoms with van der Waals surface area (Å²) >= 11 is 0. The van der Waals surface area contributed by atoms with E-state index in [4.69, 9.17) is 13.9 Å². The third-order valence-electron chi connectivity index (χ3n) is 5.06. The Balaban J connectivity index is 1.39. The highest BCUT2D eigenvalue weighted by atomic mass is 16.5. The summed E-state index contributed by atoms with van der Waals surface area (Å²) in [5, 5.41) is 11.9. The van der Waals surface area contributed by atoms with E-state index in [1.807, 2.05) is 42.6 Å². The van der Waals surface area contributed by atoms with Crippen LogP contribution in [-0.4, -0.2) is 26.7 Å². The molecular weight excluding hydrogens is 420 g/mol. The van der Waals surface area contributed by atoms with E-state index in [-0.39, 0.29) is 6.01 Å². The van der Waals surface area contributed by atoms with Crippen molar-refractivity contribution in [3.8, 4) is 11.5 Å². The molecule has 0 spiro atoms. The standard InChI is InChI=1S/C24H22N6O3/c1-2-7-19(8-3-1)30(21-17-31-14-15-32-21)24-29-28-23(33-24)20-9-5-12-26-22(20)27-13-10-18-6-4-11-25-16-18/h1-2,4-7,9,11-12,14-17H,3,8,10,13H2,(H,26,27). The van der Waals surface area contributed by atoms with Crippen LogP contribution in [0, 0.1) is 0 Å². The number of hydrogen-bond acceptors (Lipinski definition) is 9. The first-order valence-electron chi connectivity index (χ1n) is 10.6. The first-order valence-corrected chi connectivity index (χ1v) is 10.6. The van der Waals surface area contributed by atoms with Gasteiger partial charge in [-0.05, 0) is 49.1 Å². The van der Waals surface area contributed by atoms with Crippen LogP contribution < -0.4 is 10.2 Å². The normalized spacial score (nSPS) is 14.7. The molecule has 0 atom stereocenters. The minimum absolute atomic E-state index is 0.280. The average Bonchev–Trinajstić information content (AvgIpc) is 3.36. The van der Waals surface area contributed by atoms with E-state index in [0.717, 1.165) is 36.1 Å². The Hall–Kier alpha value is -4.40. The average molecular weight is 442 g/mol. The van der Waals surface area contributed by atoms with Gasteiger partial charge >= 0.3 is 6.01 Å². The van der Waals surface area contributed by atoms with E-state index >= 15 is 0 Å². The van der Waals surface area contributed by atoms with Crippen LogP contribution in [0.15, 0.2) is 95.9 Å². The van der Waals surface area contributed by atoms with E-state index in [1.54, 1.807) is 17.3 Å². The Morgan fingerprint density at radius 2 is 2.06 bits per heavy atom. The zero-order chi connectivity index (χ0) is 22.3. The number of hydrogen-bond donors (Lipinski definition) is 1. The van der Waals surface area contributed by atoms with Gasteiger partial charge in [-0.15, -0.1) is 5.10 Å². The lowest BCUT2D eigenvalue weighted by molar-refractivity contribution is 0.247. The van der Waals surface area contributed by atoms with Gasteiger partial charge in [-0.3, -0.25) is 4.98 Å². The quantitative estimate of drug-likeness (QED) is 0.539. The largest absolute Gasteiger partial charge is 0.464 e. The molecule has 1 aliphatic heterocycles. The van der Waals surface area contributed by atoms with Crippen molar-refractivity contribution in [2.75, 3.05) is 16.8 Å². The van der Waals surface area contributed by atoms with Crippen molar-refractivity contribution < 1.29 is 13.9 Å². The highest BCUT2D eigenvalue weighted by Gasteiger charge is 2.26. The van der Waals surface area contributed by atoms with Crippen molar-refractivity contribution in [1.82, 2.24) is 20.2 Å². The molecule has 33 heavy (non-hydrogen) atoms. The van der Waals surface area contributed by atoms with Crippen molar-refractivity contribution in [3.05, 3.63) is 97.0 Å². The number of allylic oxidation sites excluding steroid dienone is 4. The molecule has 0 saturated carbocycles. The lowest BCUT2D eigenvalue weighted by Gasteiger charge is -2.25. The highest BCUT2D eigenvalue weighted by molar-refractivity contribution is 5.69. The third kappa shape index (κ3) is 4.77. The molecule has 9 nitrogen and oxygen atoms in total. The van der Waals surface area contributed by atoms with Gasteiger partial charge < -0.3 is 19.2 Å². The topological polar surface area (TPSA) is 98.4 Å². The van der Waals surface area contributed by atoms with Crippen molar-refractivity contribution in [2.24, 2.45) is 0 Å². The molecule has 1 N–H and O–H groups in total. The van der Waals surface area contributed by atoms with E-state index < -0.39 is 0 Å². The van der Waals surface area contributed by atoms with Gasteiger partial charge in [0.05, 0.1) is 5.56 Å². The van der Waals surface area contributed by atoms with E-state index in [1.165, 1.54) is 18.8 Å². The van der Waals surface area contributed by atoms with E-state index in [0.29, 0.717) is 24.1 Å². The summed E-state index contributed by atoms with van der Waals surface area (Å²) < 4.78 is 17.0. The van der Waals surface area contributed by atoms with Gasteiger partial charge in [-0.1, -0.05) is 23.3 Å². The Morgan fingerprint density at radius 3 is 2.88 bits per heavy atom. The predicted molar refractivity (Wildman–Crippen MR) is 122 cm³/mol. The molecule has 0 radical (unpaired) electrons. The van der Waals surface area contributed by atoms with Crippen molar-refractivity contribution in [1.29, 1.82) is 0 Å². The molecule has 0 amide bonds. The predicted octanol–water partition coefficient (Wildman–Crippen LogP) is 4.54. The maximum absolute atomic E-state index is 6.09. The van der Waals surface area contributed by atoms with Crippen molar-refractivity contribution in [2.45, 2.75) is 19.3 Å². The number of ether oxygens (including phenoxy) is 2. The highest BCUT2D eigenvalue weighted by Crippen LogP contribution is 2.33. The molecule has 0 bridgehead atoms. The zero-order valence-corrected chi connectivity index (χ0v) is 17.8. The molecule has 0 saturated heterocycles. The van der Waals surface area contributed by atoms with Gasteiger partial charge in [-0.2, -0.15) is 0 Å². The first kappa shape index (κ1) is 20.5. The number of rotatable bonds is 8. The summed E-state index contributed by atoms with van der Waals surface area (Å²) in [7, 11) is 0. The van der Waals surface area contributed by atoms with Crippen LogP contribution in [0.1, 0.15) is 18.4 Å². The second kappa shape index (κ2) is 9.82. The Kier molecular flexibility index (Phi) is 6.10. The van der Waals surface area contributed by atoms with Gasteiger partial charge in [0, 0.05) is 30.8 Å². The summed E-state index contributed by atoms with van der Waals surface area (Å²) in [6, 6.07) is 7.98. The fraction of sp³-hybridized carbons (Fsp3) is 0.167. The van der Waals surface area contributed by atoms with Crippen molar-refractivity contribution >= 4 is 11.8 Å². The van der Waals surface area contributed by atoms with Gasteiger partial charge in [0.1, 0.15) is 18.3 Å².